The Morgan fingerprint density at radius 2 is 1.87 bits per heavy atom. The van der Waals surface area contributed by atoms with E-state index in [-0.39, 0.29) is 17.5 Å². The van der Waals surface area contributed by atoms with Crippen LogP contribution in [-0.4, -0.2) is 22.9 Å². The van der Waals surface area contributed by atoms with Gasteiger partial charge in [0.2, 0.25) is 0 Å². The number of thiazole rings is 1. The maximum atomic E-state index is 13.3. The number of rotatable bonds is 2. The summed E-state index contributed by atoms with van der Waals surface area (Å²) >= 11 is 1.33. The van der Waals surface area contributed by atoms with Gasteiger partial charge in [-0.25, -0.2) is 4.79 Å². The quantitative estimate of drug-likeness (QED) is 0.671. The van der Waals surface area contributed by atoms with Crippen molar-refractivity contribution in [3.8, 4) is 17.2 Å². The minimum absolute atomic E-state index is 0.000865. The van der Waals surface area contributed by atoms with Crippen LogP contribution in [0.4, 0.5) is 13.6 Å². The molecule has 30 heavy (non-hydrogen) atoms. The third kappa shape index (κ3) is 3.56. The molecule has 9 heteroatoms. The summed E-state index contributed by atoms with van der Waals surface area (Å²) in [5.41, 5.74) is 3.02. The molecule has 0 unspecified atom stereocenters. The van der Waals surface area contributed by atoms with Crippen molar-refractivity contribution in [1.82, 2.24) is 9.88 Å². The van der Waals surface area contributed by atoms with E-state index in [1.165, 1.54) is 34.6 Å². The molecule has 0 fully saturated rings. The number of amides is 2. The predicted octanol–water partition coefficient (Wildman–Crippen LogP) is 3.95. The molecule has 0 radical (unpaired) electrons. The molecule has 5 rings (SSSR count). The number of hydrogen-bond donors (Lipinski definition) is 1. The Bertz CT molecular complexity index is 1190. The summed E-state index contributed by atoms with van der Waals surface area (Å²) in [5.74, 6) is -0.0960. The van der Waals surface area contributed by atoms with Crippen LogP contribution in [0.1, 0.15) is 16.0 Å². The zero-order valence-electron chi connectivity index (χ0n) is 15.9. The van der Waals surface area contributed by atoms with Crippen LogP contribution in [0.15, 0.2) is 53.7 Å². The molecule has 2 aromatic carbocycles. The Kier molecular flexibility index (Phi) is 4.35. The summed E-state index contributed by atoms with van der Waals surface area (Å²) in [5, 5.41) is 2.96. The number of alkyl halides is 2. The molecule has 6 nitrogen and oxygen atoms in total. The molecule has 1 N–H and O–H groups in total. The van der Waals surface area contributed by atoms with Crippen molar-refractivity contribution < 1.29 is 23.0 Å². The molecule has 0 saturated heterocycles. The summed E-state index contributed by atoms with van der Waals surface area (Å²) in [6, 6.07) is 12.1. The van der Waals surface area contributed by atoms with E-state index in [1.807, 2.05) is 19.1 Å². The van der Waals surface area contributed by atoms with Gasteiger partial charge in [0.1, 0.15) is 0 Å². The number of fused-ring (bicyclic) bond motifs is 2. The highest BCUT2D eigenvalue weighted by atomic mass is 32.1. The van der Waals surface area contributed by atoms with Crippen LogP contribution in [0, 0.1) is 6.92 Å². The fourth-order valence-electron chi connectivity index (χ4n) is 3.76. The molecule has 0 atom stereocenters. The van der Waals surface area contributed by atoms with E-state index in [2.05, 4.69) is 31.9 Å². The monoisotopic (exact) mass is 429 g/mol. The number of nitrogens with zero attached hydrogens (tertiary/aromatic N) is 2. The number of aryl methyl sites for hydroxylation is 1. The van der Waals surface area contributed by atoms with Crippen molar-refractivity contribution in [3.05, 3.63) is 69.5 Å². The van der Waals surface area contributed by atoms with Gasteiger partial charge in [-0.3, -0.25) is 4.57 Å². The molecule has 2 amide bonds. The van der Waals surface area contributed by atoms with Gasteiger partial charge in [-0.2, -0.15) is 4.99 Å². The van der Waals surface area contributed by atoms with E-state index in [4.69, 9.17) is 0 Å². The van der Waals surface area contributed by atoms with Crippen molar-refractivity contribution in [3.63, 3.8) is 0 Å². The van der Waals surface area contributed by atoms with Crippen molar-refractivity contribution in [2.24, 2.45) is 4.99 Å². The van der Waals surface area contributed by atoms with Crippen molar-refractivity contribution in [1.29, 1.82) is 0 Å². The highest BCUT2D eigenvalue weighted by molar-refractivity contribution is 7.09. The third-order valence-electron chi connectivity index (χ3n) is 5.01. The second-order valence-corrected chi connectivity index (χ2v) is 8.44. The number of ether oxygens (including phenoxy) is 2. The zero-order chi connectivity index (χ0) is 20.9. The molecule has 2 aliphatic rings. The Hall–Kier alpha value is -3.20. The molecule has 1 aliphatic heterocycles. The first-order chi connectivity index (χ1) is 14.4. The Labute approximate surface area is 174 Å². The Balaban J connectivity index is 1.39. The predicted molar refractivity (Wildman–Crippen MR) is 106 cm³/mol. The molecule has 1 aromatic heterocycles. The largest absolute Gasteiger partial charge is 0.586 e. The lowest BCUT2D eigenvalue weighted by molar-refractivity contribution is -0.286. The first kappa shape index (κ1) is 18.8. The number of hydrogen-bond acceptors (Lipinski definition) is 4. The molecule has 0 spiro atoms. The van der Waals surface area contributed by atoms with Crippen LogP contribution in [0.25, 0.3) is 5.69 Å². The molecule has 3 aromatic rings. The van der Waals surface area contributed by atoms with Gasteiger partial charge in [0.05, 0.1) is 5.69 Å². The fraction of sp³-hybridized carbons (Fsp3) is 0.238. The van der Waals surface area contributed by atoms with Gasteiger partial charge in [-0.15, -0.1) is 20.1 Å². The molecule has 1 aliphatic carbocycles. The average molecular weight is 429 g/mol. The summed E-state index contributed by atoms with van der Waals surface area (Å²) in [7, 11) is 0. The van der Waals surface area contributed by atoms with E-state index in [1.54, 1.807) is 16.8 Å². The minimum Gasteiger partial charge on any atom is -0.395 e. The third-order valence-corrected chi connectivity index (χ3v) is 5.91. The van der Waals surface area contributed by atoms with Crippen LogP contribution < -0.4 is 19.6 Å². The highest BCUT2D eigenvalue weighted by Gasteiger charge is 2.43. The topological polar surface area (TPSA) is 64.8 Å². The molecular weight excluding hydrogens is 412 g/mol. The normalized spacial score (nSPS) is 17.2. The van der Waals surface area contributed by atoms with E-state index >= 15 is 0 Å². The lowest BCUT2D eigenvalue weighted by Crippen LogP contribution is -2.34. The number of nitrogens with one attached hydrogen (secondary N) is 1. The number of benzene rings is 2. The van der Waals surface area contributed by atoms with Crippen LogP contribution >= 0.6 is 11.3 Å². The molecular formula is C21H17F2N3O3S. The maximum absolute atomic E-state index is 13.3. The second kappa shape index (κ2) is 6.94. The van der Waals surface area contributed by atoms with Crippen molar-refractivity contribution in [2.45, 2.75) is 32.1 Å². The van der Waals surface area contributed by atoms with Gasteiger partial charge in [-0.05, 0) is 43.0 Å². The van der Waals surface area contributed by atoms with Crippen LogP contribution in [0.2, 0.25) is 0 Å². The number of halogens is 2. The Morgan fingerprint density at radius 3 is 2.60 bits per heavy atom. The first-order valence-electron chi connectivity index (χ1n) is 9.38. The standard InChI is InChI=1S/C21H17F2N3O3S/c1-12-11-26(16-6-7-17-18(10-16)29-21(22,23)28-17)20(30-12)25-19(27)24-15-8-13-4-2-3-5-14(13)9-15/h2-7,10-11,15H,8-9H2,1H3,(H,24,27). The van der Waals surface area contributed by atoms with Crippen LogP contribution in [0.5, 0.6) is 11.5 Å². The van der Waals surface area contributed by atoms with Crippen LogP contribution in [0.3, 0.4) is 0 Å². The number of carbonyl (C=O) groups excluding carboxylic acids is 1. The molecule has 154 valence electrons. The van der Waals surface area contributed by atoms with Crippen LogP contribution in [-0.2, 0) is 12.8 Å². The molecule has 2 heterocycles. The van der Waals surface area contributed by atoms with E-state index in [0.717, 1.165) is 17.7 Å². The lowest BCUT2D eigenvalue weighted by Gasteiger charge is -2.09. The Morgan fingerprint density at radius 1 is 1.17 bits per heavy atom. The van der Waals surface area contributed by atoms with Gasteiger partial charge in [0.15, 0.2) is 16.3 Å². The number of urea groups is 1. The van der Waals surface area contributed by atoms with Crippen molar-refractivity contribution >= 4 is 17.4 Å². The lowest BCUT2D eigenvalue weighted by atomic mass is 10.1. The molecule has 0 saturated carbocycles. The van der Waals surface area contributed by atoms with E-state index in [9.17, 15) is 13.6 Å². The van der Waals surface area contributed by atoms with E-state index < -0.39 is 12.3 Å². The van der Waals surface area contributed by atoms with Crippen molar-refractivity contribution in [2.75, 3.05) is 0 Å². The van der Waals surface area contributed by atoms with Gasteiger partial charge in [0.25, 0.3) is 0 Å². The smallest absolute Gasteiger partial charge is 0.395 e. The minimum atomic E-state index is -3.68. The summed E-state index contributed by atoms with van der Waals surface area (Å²) in [6.45, 7) is 1.88. The molecule has 0 bridgehead atoms. The summed E-state index contributed by atoms with van der Waals surface area (Å²) in [4.78, 5) is 18.1. The number of aromatic nitrogens is 1. The average Bonchev–Trinajstić information content (AvgIpc) is 3.33. The van der Waals surface area contributed by atoms with Gasteiger partial charge < -0.3 is 14.8 Å². The van der Waals surface area contributed by atoms with E-state index in [0.29, 0.717) is 10.5 Å². The fourth-order valence-corrected chi connectivity index (χ4v) is 4.59. The first-order valence-corrected chi connectivity index (χ1v) is 10.2. The van der Waals surface area contributed by atoms with Gasteiger partial charge >= 0.3 is 12.3 Å². The maximum Gasteiger partial charge on any atom is 0.586 e. The zero-order valence-corrected chi connectivity index (χ0v) is 16.7. The van der Waals surface area contributed by atoms with Gasteiger partial charge in [0, 0.05) is 23.2 Å². The second-order valence-electron chi connectivity index (χ2n) is 7.23. The summed E-state index contributed by atoms with van der Waals surface area (Å²) in [6.07, 6.45) is -0.339. The summed E-state index contributed by atoms with van der Waals surface area (Å²) < 4.78 is 37.2. The SMILES string of the molecule is Cc1cn(-c2ccc3c(c2)OC(F)(F)O3)c(=NC(=O)NC2Cc3ccccc3C2)s1. The number of carbonyl (C=O) groups is 1. The highest BCUT2D eigenvalue weighted by Crippen LogP contribution is 2.41. The van der Waals surface area contributed by atoms with Gasteiger partial charge in [-0.1, -0.05) is 24.3 Å².